The normalized spacial score (nSPS) is 12.3. The summed E-state index contributed by atoms with van der Waals surface area (Å²) in [6, 6.07) is 21.6. The molecule has 3 heteroatoms. The molecule has 0 amide bonds. The second-order valence-corrected chi connectivity index (χ2v) is 6.55. The number of hydrogen-bond donors (Lipinski definition) is 1. The minimum absolute atomic E-state index is 0.334. The Morgan fingerprint density at radius 1 is 0.960 bits per heavy atom. The monoisotopic (exact) mass is 334 g/mol. The van der Waals surface area contributed by atoms with Crippen LogP contribution in [-0.4, -0.2) is 17.2 Å². The van der Waals surface area contributed by atoms with E-state index in [0.717, 1.165) is 16.3 Å². The van der Waals surface area contributed by atoms with Crippen LogP contribution < -0.4 is 4.74 Å². The van der Waals surface area contributed by atoms with E-state index in [0.29, 0.717) is 18.1 Å². The molecule has 3 aromatic carbocycles. The number of ether oxygens (including phenoxy) is 1. The van der Waals surface area contributed by atoms with E-state index in [1.165, 1.54) is 5.56 Å². The molecule has 0 aliphatic rings. The van der Waals surface area contributed by atoms with E-state index in [4.69, 9.17) is 4.74 Å². The molecular weight excluding hydrogens is 312 g/mol. The highest BCUT2D eigenvalue weighted by atomic mass is 16.5. The Kier molecular flexibility index (Phi) is 5.03. The molecular formula is C22H22O3. The third-order valence-electron chi connectivity index (χ3n) is 4.34. The number of carboxylic acid groups (broad SMARTS) is 1. The lowest BCUT2D eigenvalue weighted by molar-refractivity contribution is -0.145. The lowest BCUT2D eigenvalue weighted by Crippen LogP contribution is -2.29. The molecule has 25 heavy (non-hydrogen) atoms. The largest absolute Gasteiger partial charge is 0.478 e. The summed E-state index contributed by atoms with van der Waals surface area (Å²) >= 11 is 0. The van der Waals surface area contributed by atoms with E-state index >= 15 is 0 Å². The summed E-state index contributed by atoms with van der Waals surface area (Å²) in [5.74, 6) is 0.0733. The third-order valence-corrected chi connectivity index (χ3v) is 4.34. The zero-order chi connectivity index (χ0) is 17.8. The van der Waals surface area contributed by atoms with Gasteiger partial charge < -0.3 is 9.84 Å². The molecule has 0 saturated heterocycles. The molecule has 3 rings (SSSR count). The van der Waals surface area contributed by atoms with Crippen LogP contribution in [0.15, 0.2) is 66.7 Å². The lowest BCUT2D eigenvalue weighted by Gasteiger charge is -2.16. The molecule has 3 nitrogen and oxygen atoms in total. The van der Waals surface area contributed by atoms with Gasteiger partial charge in [-0.25, -0.2) is 4.79 Å². The van der Waals surface area contributed by atoms with Crippen molar-refractivity contribution in [1.82, 2.24) is 0 Å². The number of fused-ring (bicyclic) bond motifs is 1. The fourth-order valence-electron chi connectivity index (χ4n) is 2.84. The molecule has 1 N–H and O–H groups in total. The van der Waals surface area contributed by atoms with Crippen molar-refractivity contribution in [2.75, 3.05) is 0 Å². The summed E-state index contributed by atoms with van der Waals surface area (Å²) in [4.78, 5) is 11.6. The molecule has 0 unspecified atom stereocenters. The van der Waals surface area contributed by atoms with E-state index in [-0.39, 0.29) is 0 Å². The lowest BCUT2D eigenvalue weighted by atomic mass is 9.99. The summed E-state index contributed by atoms with van der Waals surface area (Å²) in [5.41, 5.74) is 2.20. The van der Waals surface area contributed by atoms with Crippen LogP contribution in [0, 0.1) is 0 Å². The predicted molar refractivity (Wildman–Crippen MR) is 100 cm³/mol. The van der Waals surface area contributed by atoms with Gasteiger partial charge in [-0.3, -0.25) is 0 Å². The number of aliphatic carboxylic acids is 1. The van der Waals surface area contributed by atoms with Crippen molar-refractivity contribution in [1.29, 1.82) is 0 Å². The maximum atomic E-state index is 11.6. The van der Waals surface area contributed by atoms with Gasteiger partial charge in [-0.2, -0.15) is 0 Å². The molecule has 0 fully saturated rings. The highest BCUT2D eigenvalue weighted by Crippen LogP contribution is 2.23. The van der Waals surface area contributed by atoms with Crippen LogP contribution in [0.4, 0.5) is 0 Å². The van der Waals surface area contributed by atoms with Crippen molar-refractivity contribution < 1.29 is 14.6 Å². The van der Waals surface area contributed by atoms with Crippen molar-refractivity contribution in [2.24, 2.45) is 0 Å². The standard InChI is InChI=1S/C22H22O3/c1-15(2)17-9-7-16(8-10-17)13-21(22(23)24)25-20-12-11-18-5-3-4-6-19(18)14-20/h3-12,14-15,21H,13H2,1-2H3,(H,23,24)/t21-/m1/s1. The van der Waals surface area contributed by atoms with Gasteiger partial charge in [-0.1, -0.05) is 68.4 Å². The third kappa shape index (κ3) is 4.18. The van der Waals surface area contributed by atoms with Gasteiger partial charge in [-0.15, -0.1) is 0 Å². The van der Waals surface area contributed by atoms with E-state index in [1.54, 1.807) is 0 Å². The first-order chi connectivity index (χ1) is 12.0. The first-order valence-corrected chi connectivity index (χ1v) is 8.50. The average Bonchev–Trinajstić information content (AvgIpc) is 2.61. The molecule has 3 aromatic rings. The van der Waals surface area contributed by atoms with Crippen molar-refractivity contribution in [3.05, 3.63) is 77.9 Å². The van der Waals surface area contributed by atoms with Gasteiger partial charge in [0, 0.05) is 6.42 Å². The molecule has 0 aromatic heterocycles. The van der Waals surface area contributed by atoms with Gasteiger partial charge in [0.25, 0.3) is 0 Å². The minimum atomic E-state index is -0.957. The first kappa shape index (κ1) is 17.0. The number of rotatable bonds is 6. The summed E-state index contributed by atoms with van der Waals surface area (Å²) < 4.78 is 5.77. The highest BCUT2D eigenvalue weighted by Gasteiger charge is 2.20. The first-order valence-electron chi connectivity index (χ1n) is 8.50. The second kappa shape index (κ2) is 7.39. The highest BCUT2D eigenvalue weighted by molar-refractivity contribution is 5.84. The van der Waals surface area contributed by atoms with Gasteiger partial charge in [0.2, 0.25) is 0 Å². The number of carboxylic acids is 1. The molecule has 0 spiro atoms. The molecule has 0 heterocycles. The van der Waals surface area contributed by atoms with E-state index in [1.807, 2.05) is 54.6 Å². The van der Waals surface area contributed by atoms with E-state index < -0.39 is 12.1 Å². The summed E-state index contributed by atoms with van der Waals surface area (Å²) in [5, 5.41) is 11.7. The fraction of sp³-hybridized carbons (Fsp3) is 0.227. The molecule has 0 radical (unpaired) electrons. The quantitative estimate of drug-likeness (QED) is 0.687. The van der Waals surface area contributed by atoms with Crippen molar-refractivity contribution in [2.45, 2.75) is 32.3 Å². The van der Waals surface area contributed by atoms with Gasteiger partial charge in [0.1, 0.15) is 5.75 Å². The van der Waals surface area contributed by atoms with E-state index in [9.17, 15) is 9.90 Å². The molecule has 128 valence electrons. The van der Waals surface area contributed by atoms with Crippen molar-refractivity contribution in [3.8, 4) is 5.75 Å². The van der Waals surface area contributed by atoms with Gasteiger partial charge in [0.05, 0.1) is 0 Å². The Hall–Kier alpha value is -2.81. The number of carbonyl (C=O) groups is 1. The Bertz CT molecular complexity index is 866. The molecule has 0 aliphatic carbocycles. The Labute approximate surface area is 147 Å². The van der Waals surface area contributed by atoms with Crippen LogP contribution in [0.2, 0.25) is 0 Å². The summed E-state index contributed by atoms with van der Waals surface area (Å²) in [6.07, 6.45) is -0.577. The zero-order valence-electron chi connectivity index (χ0n) is 14.5. The Morgan fingerprint density at radius 2 is 1.64 bits per heavy atom. The molecule has 0 aliphatic heterocycles. The van der Waals surface area contributed by atoms with Crippen molar-refractivity contribution >= 4 is 16.7 Å². The Morgan fingerprint density at radius 3 is 2.28 bits per heavy atom. The van der Waals surface area contributed by atoms with Gasteiger partial charge in [0.15, 0.2) is 6.10 Å². The van der Waals surface area contributed by atoms with E-state index in [2.05, 4.69) is 26.0 Å². The molecule has 0 saturated carbocycles. The fourth-order valence-corrected chi connectivity index (χ4v) is 2.84. The van der Waals surface area contributed by atoms with Crippen LogP contribution in [0.25, 0.3) is 10.8 Å². The maximum Gasteiger partial charge on any atom is 0.345 e. The summed E-state index contributed by atoms with van der Waals surface area (Å²) in [7, 11) is 0. The van der Waals surface area contributed by atoms with Crippen LogP contribution >= 0.6 is 0 Å². The second-order valence-electron chi connectivity index (χ2n) is 6.55. The zero-order valence-corrected chi connectivity index (χ0v) is 14.5. The minimum Gasteiger partial charge on any atom is -0.478 e. The van der Waals surface area contributed by atoms with Gasteiger partial charge in [-0.05, 0) is 39.9 Å². The number of benzene rings is 3. The van der Waals surface area contributed by atoms with Crippen LogP contribution in [0.3, 0.4) is 0 Å². The topological polar surface area (TPSA) is 46.5 Å². The smallest absolute Gasteiger partial charge is 0.345 e. The van der Waals surface area contributed by atoms with Crippen LogP contribution in [0.5, 0.6) is 5.75 Å². The Balaban J connectivity index is 1.77. The van der Waals surface area contributed by atoms with Gasteiger partial charge >= 0.3 is 5.97 Å². The number of hydrogen-bond acceptors (Lipinski definition) is 2. The molecule has 0 bridgehead atoms. The van der Waals surface area contributed by atoms with Crippen molar-refractivity contribution in [3.63, 3.8) is 0 Å². The molecule has 1 atom stereocenters. The maximum absolute atomic E-state index is 11.6. The predicted octanol–water partition coefficient (Wildman–Crippen LogP) is 5.04. The average molecular weight is 334 g/mol. The summed E-state index contributed by atoms with van der Waals surface area (Å²) in [6.45, 7) is 4.27. The van der Waals surface area contributed by atoms with Crippen LogP contribution in [0.1, 0.15) is 30.9 Å². The SMILES string of the molecule is CC(C)c1ccc(C[C@@H](Oc2ccc3ccccc3c2)C(=O)O)cc1. The van der Waals surface area contributed by atoms with Crippen LogP contribution in [-0.2, 0) is 11.2 Å².